The molecule has 3 atom stereocenters. The SMILES string of the molecule is COCCCCCC(=O)CC[C@H]1C(O)CC(=O)C1C/C=C\CCCC(=O)OC. The number of aliphatic hydroxyl groups is 1. The molecule has 1 saturated carbocycles. The first-order valence-corrected chi connectivity index (χ1v) is 10.4. The lowest BCUT2D eigenvalue weighted by Gasteiger charge is -2.19. The van der Waals surface area contributed by atoms with E-state index in [0.29, 0.717) is 38.5 Å². The smallest absolute Gasteiger partial charge is 0.305 e. The third kappa shape index (κ3) is 9.60. The first-order chi connectivity index (χ1) is 13.5. The Morgan fingerprint density at radius 1 is 1.07 bits per heavy atom. The highest BCUT2D eigenvalue weighted by Crippen LogP contribution is 2.35. The Hall–Kier alpha value is -1.53. The molecule has 0 aromatic rings. The van der Waals surface area contributed by atoms with Crippen molar-refractivity contribution in [2.75, 3.05) is 20.8 Å². The van der Waals surface area contributed by atoms with E-state index < -0.39 is 6.10 Å². The van der Waals surface area contributed by atoms with Gasteiger partial charge in [-0.05, 0) is 44.4 Å². The zero-order valence-corrected chi connectivity index (χ0v) is 17.4. The molecular weight excluding hydrogens is 360 g/mol. The van der Waals surface area contributed by atoms with E-state index in [1.807, 2.05) is 12.2 Å². The molecule has 0 amide bonds. The minimum Gasteiger partial charge on any atom is -0.469 e. The van der Waals surface area contributed by atoms with Crippen LogP contribution in [0.4, 0.5) is 0 Å². The van der Waals surface area contributed by atoms with E-state index in [0.717, 1.165) is 32.3 Å². The van der Waals surface area contributed by atoms with Gasteiger partial charge in [0.1, 0.15) is 11.6 Å². The molecule has 6 nitrogen and oxygen atoms in total. The second kappa shape index (κ2) is 14.5. The van der Waals surface area contributed by atoms with Gasteiger partial charge >= 0.3 is 5.97 Å². The highest BCUT2D eigenvalue weighted by Gasteiger charge is 2.40. The fraction of sp³-hybridized carbons (Fsp3) is 0.773. The van der Waals surface area contributed by atoms with Crippen LogP contribution in [0.25, 0.3) is 0 Å². The number of unbranched alkanes of at least 4 members (excludes halogenated alkanes) is 3. The lowest BCUT2D eigenvalue weighted by molar-refractivity contribution is -0.140. The maximum absolute atomic E-state index is 12.2. The molecule has 0 bridgehead atoms. The largest absolute Gasteiger partial charge is 0.469 e. The van der Waals surface area contributed by atoms with Crippen molar-refractivity contribution in [3.8, 4) is 0 Å². The number of hydrogen-bond acceptors (Lipinski definition) is 6. The van der Waals surface area contributed by atoms with Gasteiger partial charge in [-0.15, -0.1) is 0 Å². The van der Waals surface area contributed by atoms with E-state index in [4.69, 9.17) is 4.74 Å². The maximum Gasteiger partial charge on any atom is 0.305 e. The van der Waals surface area contributed by atoms with Crippen LogP contribution in [0.1, 0.15) is 70.6 Å². The molecule has 0 heterocycles. The predicted molar refractivity (Wildman–Crippen MR) is 107 cm³/mol. The number of Topliss-reactive ketones (excluding diaryl/α,β-unsaturated/α-hetero) is 2. The topological polar surface area (TPSA) is 89.9 Å². The van der Waals surface area contributed by atoms with Crippen LogP contribution in [0.3, 0.4) is 0 Å². The third-order valence-corrected chi connectivity index (χ3v) is 5.43. The Morgan fingerprint density at radius 2 is 1.86 bits per heavy atom. The lowest BCUT2D eigenvalue weighted by Crippen LogP contribution is -2.21. The first kappa shape index (κ1) is 24.5. The standard InChI is InChI=1S/C22H36O6/c1-27-15-9-5-6-10-17(23)13-14-19-18(20(24)16-21(19)25)11-7-3-4-8-12-22(26)28-2/h3,7,18-19,21,25H,4-6,8-16H2,1-2H3/b7-3-/t18?,19-,21?/m1/s1. The van der Waals surface area contributed by atoms with E-state index in [1.165, 1.54) is 7.11 Å². The van der Waals surface area contributed by atoms with E-state index >= 15 is 0 Å². The Labute approximate surface area is 168 Å². The summed E-state index contributed by atoms with van der Waals surface area (Å²) in [6.45, 7) is 0.725. The molecule has 0 aromatic carbocycles. The Balaban J connectivity index is 2.33. The van der Waals surface area contributed by atoms with Crippen molar-refractivity contribution in [2.24, 2.45) is 11.8 Å². The summed E-state index contributed by atoms with van der Waals surface area (Å²) in [4.78, 5) is 35.4. The molecular formula is C22H36O6. The fourth-order valence-corrected chi connectivity index (χ4v) is 3.74. The molecule has 28 heavy (non-hydrogen) atoms. The number of hydrogen-bond donors (Lipinski definition) is 1. The first-order valence-electron chi connectivity index (χ1n) is 10.4. The molecule has 2 unspecified atom stereocenters. The van der Waals surface area contributed by atoms with Gasteiger partial charge in [0.05, 0.1) is 13.2 Å². The summed E-state index contributed by atoms with van der Waals surface area (Å²) in [5.74, 6) is -0.262. The number of carbonyl (C=O) groups excluding carboxylic acids is 3. The summed E-state index contributed by atoms with van der Waals surface area (Å²) >= 11 is 0. The molecule has 160 valence electrons. The number of rotatable bonds is 15. The van der Waals surface area contributed by atoms with Gasteiger partial charge in [0.15, 0.2) is 0 Å². The van der Waals surface area contributed by atoms with Crippen molar-refractivity contribution in [3.63, 3.8) is 0 Å². The van der Waals surface area contributed by atoms with Crippen LogP contribution in [0.5, 0.6) is 0 Å². The predicted octanol–water partition coefficient (Wildman–Crippen LogP) is 3.40. The molecule has 1 aliphatic rings. The number of esters is 1. The number of carbonyl (C=O) groups is 3. The number of ketones is 2. The number of allylic oxidation sites excluding steroid dienone is 2. The van der Waals surface area contributed by atoms with Crippen LogP contribution < -0.4 is 0 Å². The Bertz CT molecular complexity index is 513. The van der Waals surface area contributed by atoms with E-state index in [9.17, 15) is 19.5 Å². The molecule has 1 N–H and O–H groups in total. The lowest BCUT2D eigenvalue weighted by atomic mass is 9.86. The maximum atomic E-state index is 12.2. The van der Waals surface area contributed by atoms with Gasteiger partial charge in [-0.25, -0.2) is 0 Å². The molecule has 0 aliphatic heterocycles. The fourth-order valence-electron chi connectivity index (χ4n) is 3.74. The summed E-state index contributed by atoms with van der Waals surface area (Å²) < 4.78 is 9.59. The highest BCUT2D eigenvalue weighted by atomic mass is 16.5. The third-order valence-electron chi connectivity index (χ3n) is 5.43. The summed E-state index contributed by atoms with van der Waals surface area (Å²) in [6, 6.07) is 0. The van der Waals surface area contributed by atoms with Crippen LogP contribution in [-0.2, 0) is 23.9 Å². The normalized spacial score (nSPS) is 22.1. The molecule has 1 fully saturated rings. The van der Waals surface area contributed by atoms with Gasteiger partial charge < -0.3 is 14.6 Å². The van der Waals surface area contributed by atoms with Gasteiger partial charge in [-0.1, -0.05) is 18.6 Å². The second-order valence-corrected chi connectivity index (χ2v) is 7.56. The van der Waals surface area contributed by atoms with Crippen molar-refractivity contribution >= 4 is 17.5 Å². The molecule has 6 heteroatoms. The minimum atomic E-state index is -0.639. The summed E-state index contributed by atoms with van der Waals surface area (Å²) in [7, 11) is 3.05. The monoisotopic (exact) mass is 396 g/mol. The molecule has 0 spiro atoms. The molecule has 0 saturated heterocycles. The zero-order valence-electron chi connectivity index (χ0n) is 17.4. The number of ether oxygens (including phenoxy) is 2. The molecule has 0 radical (unpaired) electrons. The second-order valence-electron chi connectivity index (χ2n) is 7.56. The molecule has 1 aliphatic carbocycles. The van der Waals surface area contributed by atoms with Gasteiger partial charge in [-0.3, -0.25) is 14.4 Å². The van der Waals surface area contributed by atoms with Crippen molar-refractivity contribution in [3.05, 3.63) is 12.2 Å². The van der Waals surface area contributed by atoms with Crippen molar-refractivity contribution in [2.45, 2.75) is 76.7 Å². The van der Waals surface area contributed by atoms with Crippen LogP contribution in [0.15, 0.2) is 12.2 Å². The highest BCUT2D eigenvalue weighted by molar-refractivity contribution is 5.84. The van der Waals surface area contributed by atoms with Crippen LogP contribution in [-0.4, -0.2) is 49.6 Å². The molecule has 0 aromatic heterocycles. The van der Waals surface area contributed by atoms with Crippen molar-refractivity contribution in [1.82, 2.24) is 0 Å². The van der Waals surface area contributed by atoms with Crippen molar-refractivity contribution < 1.29 is 29.0 Å². The average Bonchev–Trinajstić information content (AvgIpc) is 2.94. The molecule has 1 rings (SSSR count). The summed E-state index contributed by atoms with van der Waals surface area (Å²) in [5, 5.41) is 10.2. The minimum absolute atomic E-state index is 0.0868. The summed E-state index contributed by atoms with van der Waals surface area (Å²) in [5.41, 5.74) is 0. The van der Waals surface area contributed by atoms with Gasteiger partial charge in [0.2, 0.25) is 0 Å². The van der Waals surface area contributed by atoms with E-state index in [2.05, 4.69) is 4.74 Å². The van der Waals surface area contributed by atoms with Crippen LogP contribution in [0, 0.1) is 11.8 Å². The summed E-state index contributed by atoms with van der Waals surface area (Å²) in [6.07, 6.45) is 10.3. The average molecular weight is 397 g/mol. The van der Waals surface area contributed by atoms with Crippen LogP contribution in [0.2, 0.25) is 0 Å². The zero-order chi connectivity index (χ0) is 20.8. The van der Waals surface area contributed by atoms with Gasteiger partial charge in [-0.2, -0.15) is 0 Å². The number of aliphatic hydroxyl groups excluding tert-OH is 1. The van der Waals surface area contributed by atoms with Crippen LogP contribution >= 0.6 is 0 Å². The van der Waals surface area contributed by atoms with E-state index in [-0.39, 0.29) is 35.8 Å². The number of methoxy groups -OCH3 is 2. The van der Waals surface area contributed by atoms with Crippen molar-refractivity contribution in [1.29, 1.82) is 0 Å². The Morgan fingerprint density at radius 3 is 2.57 bits per heavy atom. The van der Waals surface area contributed by atoms with Gasteiger partial charge in [0, 0.05) is 45.3 Å². The Kier molecular flexibility index (Phi) is 12.7. The van der Waals surface area contributed by atoms with E-state index in [1.54, 1.807) is 7.11 Å². The quantitative estimate of drug-likeness (QED) is 0.259. The van der Waals surface area contributed by atoms with Gasteiger partial charge in [0.25, 0.3) is 0 Å².